The number of nitrogens with zero attached hydrogens (tertiary/aromatic N) is 2. The number of rotatable bonds is 2. The molecule has 3 nitrogen and oxygen atoms in total. The number of fused-ring (bicyclic) bond motifs is 1. The normalized spacial score (nSPS) is 15.4. The van der Waals surface area contributed by atoms with Crippen molar-refractivity contribution in [2.75, 3.05) is 13.1 Å². The molecular formula is C12H14F2N2O. The lowest BCUT2D eigenvalue weighted by Gasteiger charge is -2.28. The van der Waals surface area contributed by atoms with Crippen molar-refractivity contribution in [2.24, 2.45) is 0 Å². The molecule has 2 rings (SSSR count). The molecule has 1 aromatic heterocycles. The summed E-state index contributed by atoms with van der Waals surface area (Å²) in [7, 11) is 0. The predicted octanol–water partition coefficient (Wildman–Crippen LogP) is 1.96. The maximum absolute atomic E-state index is 12.3. The van der Waals surface area contributed by atoms with Gasteiger partial charge in [-0.2, -0.15) is 0 Å². The Labute approximate surface area is 98.5 Å². The van der Waals surface area contributed by atoms with Gasteiger partial charge in [0.25, 0.3) is 12.3 Å². The molecule has 5 heteroatoms. The molecule has 17 heavy (non-hydrogen) atoms. The van der Waals surface area contributed by atoms with E-state index in [1.807, 2.05) is 19.9 Å². The zero-order chi connectivity index (χ0) is 12.6. The lowest BCUT2D eigenvalue weighted by molar-refractivity contribution is 0.0535. The molecular weight excluding hydrogens is 226 g/mol. The van der Waals surface area contributed by atoms with Crippen molar-refractivity contribution in [1.29, 1.82) is 0 Å². The largest absolute Gasteiger partial charge is 0.332 e. The molecule has 0 spiro atoms. The second kappa shape index (κ2) is 4.39. The first-order valence-corrected chi connectivity index (χ1v) is 5.53. The molecule has 0 bridgehead atoms. The number of aryl methyl sites for hydroxylation is 2. The van der Waals surface area contributed by atoms with Crippen LogP contribution in [0.4, 0.5) is 8.78 Å². The molecule has 0 atom stereocenters. The summed E-state index contributed by atoms with van der Waals surface area (Å²) in [5.41, 5.74) is 2.91. The Morgan fingerprint density at radius 1 is 1.47 bits per heavy atom. The van der Waals surface area contributed by atoms with Gasteiger partial charge in [0.15, 0.2) is 0 Å². The van der Waals surface area contributed by atoms with Gasteiger partial charge in [-0.1, -0.05) is 0 Å². The Morgan fingerprint density at radius 2 is 2.18 bits per heavy atom. The third-order valence-electron chi connectivity index (χ3n) is 2.90. The minimum atomic E-state index is -2.49. The van der Waals surface area contributed by atoms with Gasteiger partial charge < -0.3 is 4.90 Å². The van der Waals surface area contributed by atoms with Crippen LogP contribution in [0, 0.1) is 13.8 Å². The summed E-state index contributed by atoms with van der Waals surface area (Å²) in [6.07, 6.45) is -1.93. The first kappa shape index (κ1) is 12.0. The molecule has 2 heterocycles. The van der Waals surface area contributed by atoms with Crippen LogP contribution in [0.5, 0.6) is 0 Å². The number of carbonyl (C=O) groups excluding carboxylic acids is 1. The molecule has 0 radical (unpaired) electrons. The molecule has 0 saturated carbocycles. The van der Waals surface area contributed by atoms with Crippen molar-refractivity contribution in [3.8, 4) is 0 Å². The standard InChI is InChI=1S/C12H14F2N2O/c1-7-5-8(2)15-9-3-4-16(6-10(13)14)12(17)11(7)9/h5,10H,3-4,6H2,1-2H3. The monoisotopic (exact) mass is 240 g/mol. The number of carbonyl (C=O) groups is 1. The number of alkyl halides is 2. The zero-order valence-corrected chi connectivity index (χ0v) is 9.83. The molecule has 1 aliphatic heterocycles. The van der Waals surface area contributed by atoms with Crippen LogP contribution < -0.4 is 0 Å². The summed E-state index contributed by atoms with van der Waals surface area (Å²) in [5.74, 6) is -0.323. The predicted molar refractivity (Wildman–Crippen MR) is 59.3 cm³/mol. The molecule has 0 unspecified atom stereocenters. The van der Waals surface area contributed by atoms with Crippen LogP contribution in [0.15, 0.2) is 6.07 Å². The number of pyridine rings is 1. The molecule has 0 aliphatic carbocycles. The van der Waals surface area contributed by atoms with Crippen LogP contribution in [0.25, 0.3) is 0 Å². The van der Waals surface area contributed by atoms with Gasteiger partial charge in [-0.25, -0.2) is 8.78 Å². The van der Waals surface area contributed by atoms with Gasteiger partial charge in [0.1, 0.15) is 0 Å². The summed E-state index contributed by atoms with van der Waals surface area (Å²) in [6.45, 7) is 3.51. The molecule has 92 valence electrons. The Kier molecular flexibility index (Phi) is 3.09. The number of halogens is 2. The second-order valence-corrected chi connectivity index (χ2v) is 4.29. The molecule has 0 saturated heterocycles. The van der Waals surface area contributed by atoms with E-state index < -0.39 is 13.0 Å². The van der Waals surface area contributed by atoms with Crippen molar-refractivity contribution < 1.29 is 13.6 Å². The quantitative estimate of drug-likeness (QED) is 0.791. The highest BCUT2D eigenvalue weighted by atomic mass is 19.3. The van der Waals surface area contributed by atoms with Crippen molar-refractivity contribution in [3.05, 3.63) is 28.6 Å². The number of amides is 1. The molecule has 1 aromatic rings. The van der Waals surface area contributed by atoms with E-state index in [9.17, 15) is 13.6 Å². The Balaban J connectivity index is 2.35. The van der Waals surface area contributed by atoms with Gasteiger partial charge in [-0.3, -0.25) is 9.78 Å². The molecule has 0 aromatic carbocycles. The van der Waals surface area contributed by atoms with Crippen LogP contribution >= 0.6 is 0 Å². The van der Waals surface area contributed by atoms with Gasteiger partial charge >= 0.3 is 0 Å². The summed E-state index contributed by atoms with van der Waals surface area (Å²) < 4.78 is 24.6. The third-order valence-corrected chi connectivity index (χ3v) is 2.90. The molecule has 1 amide bonds. The Hall–Kier alpha value is -1.52. The summed E-state index contributed by atoms with van der Waals surface area (Å²) >= 11 is 0. The smallest absolute Gasteiger partial charge is 0.256 e. The van der Waals surface area contributed by atoms with Crippen molar-refractivity contribution in [2.45, 2.75) is 26.7 Å². The van der Waals surface area contributed by atoms with E-state index in [2.05, 4.69) is 4.98 Å². The average molecular weight is 240 g/mol. The number of hydrogen-bond donors (Lipinski definition) is 0. The van der Waals surface area contributed by atoms with E-state index in [-0.39, 0.29) is 5.91 Å². The topological polar surface area (TPSA) is 33.2 Å². The van der Waals surface area contributed by atoms with E-state index in [1.54, 1.807) is 0 Å². The van der Waals surface area contributed by atoms with Gasteiger partial charge in [0, 0.05) is 18.7 Å². The lowest BCUT2D eigenvalue weighted by atomic mass is 9.99. The SMILES string of the molecule is Cc1cc(C)c2c(n1)CCN(CC(F)F)C2=O. The first-order chi connectivity index (χ1) is 7.99. The third kappa shape index (κ3) is 2.28. The van der Waals surface area contributed by atoms with E-state index in [4.69, 9.17) is 0 Å². The van der Waals surface area contributed by atoms with E-state index in [1.165, 1.54) is 4.90 Å². The number of hydrogen-bond acceptors (Lipinski definition) is 2. The second-order valence-electron chi connectivity index (χ2n) is 4.29. The Morgan fingerprint density at radius 3 is 2.82 bits per heavy atom. The van der Waals surface area contributed by atoms with Gasteiger partial charge in [0.2, 0.25) is 0 Å². The highest BCUT2D eigenvalue weighted by molar-refractivity contribution is 5.97. The summed E-state index contributed by atoms with van der Waals surface area (Å²) in [6, 6.07) is 1.81. The Bertz CT molecular complexity index is 460. The average Bonchev–Trinajstić information content (AvgIpc) is 2.20. The highest BCUT2D eigenvalue weighted by Crippen LogP contribution is 2.22. The van der Waals surface area contributed by atoms with Crippen molar-refractivity contribution in [3.63, 3.8) is 0 Å². The van der Waals surface area contributed by atoms with Crippen molar-refractivity contribution in [1.82, 2.24) is 9.88 Å². The first-order valence-electron chi connectivity index (χ1n) is 5.53. The van der Waals surface area contributed by atoms with Gasteiger partial charge in [-0.05, 0) is 25.5 Å². The van der Waals surface area contributed by atoms with E-state index in [0.717, 1.165) is 17.0 Å². The van der Waals surface area contributed by atoms with Crippen molar-refractivity contribution >= 4 is 5.91 Å². The minimum Gasteiger partial charge on any atom is -0.332 e. The van der Waals surface area contributed by atoms with Crippen LogP contribution in [-0.2, 0) is 6.42 Å². The molecule has 1 aliphatic rings. The fourth-order valence-corrected chi connectivity index (χ4v) is 2.23. The zero-order valence-electron chi connectivity index (χ0n) is 9.83. The maximum atomic E-state index is 12.3. The number of aromatic nitrogens is 1. The maximum Gasteiger partial charge on any atom is 0.256 e. The lowest BCUT2D eigenvalue weighted by Crippen LogP contribution is -2.41. The van der Waals surface area contributed by atoms with Gasteiger partial charge in [0.05, 0.1) is 17.8 Å². The fourth-order valence-electron chi connectivity index (χ4n) is 2.23. The minimum absolute atomic E-state index is 0.323. The van der Waals surface area contributed by atoms with Gasteiger partial charge in [-0.15, -0.1) is 0 Å². The van der Waals surface area contributed by atoms with E-state index >= 15 is 0 Å². The van der Waals surface area contributed by atoms with Crippen LogP contribution in [0.2, 0.25) is 0 Å². The molecule has 0 N–H and O–H groups in total. The van der Waals surface area contributed by atoms with Crippen LogP contribution in [0.3, 0.4) is 0 Å². The summed E-state index contributed by atoms with van der Waals surface area (Å²) in [5, 5.41) is 0. The van der Waals surface area contributed by atoms with Crippen LogP contribution in [0.1, 0.15) is 27.3 Å². The summed E-state index contributed by atoms with van der Waals surface area (Å²) in [4.78, 5) is 17.5. The van der Waals surface area contributed by atoms with E-state index in [0.29, 0.717) is 18.5 Å². The fraction of sp³-hybridized carbons (Fsp3) is 0.500. The highest BCUT2D eigenvalue weighted by Gasteiger charge is 2.28. The van der Waals surface area contributed by atoms with Crippen LogP contribution in [-0.4, -0.2) is 35.3 Å². The molecule has 0 fully saturated rings.